The Morgan fingerprint density at radius 3 is 3.00 bits per heavy atom. The zero-order valence-electron chi connectivity index (χ0n) is 8.81. The first kappa shape index (κ1) is 10.2. The summed E-state index contributed by atoms with van der Waals surface area (Å²) in [5.74, 6) is 0. The molecule has 1 aromatic carbocycles. The number of rotatable bonds is 2. The first-order chi connectivity index (χ1) is 7.36. The van der Waals surface area contributed by atoms with Gasteiger partial charge in [-0.05, 0) is 25.3 Å². The van der Waals surface area contributed by atoms with E-state index in [-0.39, 0.29) is 6.10 Å². The molecule has 15 heavy (non-hydrogen) atoms. The number of hydrogen-bond donors (Lipinski definition) is 1. The molecule has 1 aliphatic rings. The molecule has 80 valence electrons. The van der Waals surface area contributed by atoms with Gasteiger partial charge in [-0.2, -0.15) is 0 Å². The molecule has 0 radical (unpaired) electrons. The average molecular weight is 205 g/mol. The van der Waals surface area contributed by atoms with Crippen molar-refractivity contribution in [3.63, 3.8) is 0 Å². The lowest BCUT2D eigenvalue weighted by atomic mass is 9.88. The van der Waals surface area contributed by atoms with Crippen LogP contribution in [0.1, 0.15) is 24.5 Å². The summed E-state index contributed by atoms with van der Waals surface area (Å²) >= 11 is 0. The lowest BCUT2D eigenvalue weighted by molar-refractivity contribution is 0.0993. The fraction of sp³-hybridized carbons (Fsp3) is 0.417. The van der Waals surface area contributed by atoms with Gasteiger partial charge in [-0.15, -0.1) is 0 Å². The van der Waals surface area contributed by atoms with E-state index in [2.05, 4.69) is 11.2 Å². The van der Waals surface area contributed by atoms with Crippen molar-refractivity contribution in [3.05, 3.63) is 35.4 Å². The number of oxime groups is 1. The molecular weight excluding hydrogens is 190 g/mol. The van der Waals surface area contributed by atoms with Gasteiger partial charge in [0.25, 0.3) is 0 Å². The number of benzene rings is 1. The van der Waals surface area contributed by atoms with E-state index in [1.807, 2.05) is 25.1 Å². The topological polar surface area (TPSA) is 41.8 Å². The average Bonchev–Trinajstić information content (AvgIpc) is 2.29. The molecule has 1 aliphatic carbocycles. The van der Waals surface area contributed by atoms with Crippen LogP contribution in [0.2, 0.25) is 0 Å². The Morgan fingerprint density at radius 1 is 1.47 bits per heavy atom. The summed E-state index contributed by atoms with van der Waals surface area (Å²) in [4.78, 5) is 0. The van der Waals surface area contributed by atoms with Crippen molar-refractivity contribution >= 4 is 5.71 Å². The Bertz CT molecular complexity index is 374. The monoisotopic (exact) mass is 205 g/mol. The minimum Gasteiger partial charge on any atom is -0.411 e. The third-order valence-electron chi connectivity index (χ3n) is 2.75. The van der Waals surface area contributed by atoms with Gasteiger partial charge in [0.2, 0.25) is 0 Å². The van der Waals surface area contributed by atoms with Crippen molar-refractivity contribution in [2.24, 2.45) is 5.16 Å². The molecule has 0 heterocycles. The molecule has 1 unspecified atom stereocenters. The lowest BCUT2D eigenvalue weighted by Crippen LogP contribution is -2.31. The summed E-state index contributed by atoms with van der Waals surface area (Å²) in [6.07, 6.45) is 1.82. The highest BCUT2D eigenvalue weighted by atomic mass is 16.5. The van der Waals surface area contributed by atoms with Crippen LogP contribution < -0.4 is 0 Å². The van der Waals surface area contributed by atoms with Crippen LogP contribution in [0.25, 0.3) is 0 Å². The Balaban J connectivity index is 2.35. The van der Waals surface area contributed by atoms with Crippen LogP contribution in [-0.4, -0.2) is 23.6 Å². The van der Waals surface area contributed by atoms with Crippen molar-refractivity contribution in [2.45, 2.75) is 25.9 Å². The second-order valence-corrected chi connectivity index (χ2v) is 3.63. The second kappa shape index (κ2) is 4.45. The second-order valence-electron chi connectivity index (χ2n) is 3.63. The van der Waals surface area contributed by atoms with Crippen LogP contribution in [0.15, 0.2) is 29.4 Å². The molecule has 0 saturated heterocycles. The van der Waals surface area contributed by atoms with E-state index in [0.29, 0.717) is 12.3 Å². The number of ether oxygens (including phenoxy) is 1. The molecule has 2 rings (SSSR count). The first-order valence-electron chi connectivity index (χ1n) is 5.28. The van der Waals surface area contributed by atoms with Crippen molar-refractivity contribution in [1.82, 2.24) is 0 Å². The minimum atomic E-state index is -0.0603. The predicted octanol–water partition coefficient (Wildman–Crippen LogP) is 2.22. The fourth-order valence-corrected chi connectivity index (χ4v) is 2.07. The van der Waals surface area contributed by atoms with Crippen molar-refractivity contribution < 1.29 is 9.94 Å². The first-order valence-corrected chi connectivity index (χ1v) is 5.28. The van der Waals surface area contributed by atoms with Gasteiger partial charge in [0, 0.05) is 12.2 Å². The summed E-state index contributed by atoms with van der Waals surface area (Å²) in [7, 11) is 0. The molecular formula is C12H15NO2. The Morgan fingerprint density at radius 2 is 2.27 bits per heavy atom. The highest BCUT2D eigenvalue weighted by Crippen LogP contribution is 2.23. The van der Waals surface area contributed by atoms with Crippen LogP contribution in [-0.2, 0) is 11.2 Å². The van der Waals surface area contributed by atoms with E-state index >= 15 is 0 Å². The molecule has 3 nitrogen and oxygen atoms in total. The zero-order valence-corrected chi connectivity index (χ0v) is 8.81. The Hall–Kier alpha value is -1.35. The van der Waals surface area contributed by atoms with Gasteiger partial charge < -0.3 is 9.94 Å². The van der Waals surface area contributed by atoms with Crippen LogP contribution in [0.5, 0.6) is 0 Å². The maximum Gasteiger partial charge on any atom is 0.116 e. The van der Waals surface area contributed by atoms with E-state index in [4.69, 9.17) is 9.94 Å². The standard InChI is InChI=1S/C12H15NO2/c1-2-15-11-8-7-9-5-3-4-6-10(9)12(11)13-14/h3-6,11,14H,2,7-8H2,1H3. The largest absolute Gasteiger partial charge is 0.411 e. The maximum atomic E-state index is 9.04. The van der Waals surface area contributed by atoms with E-state index in [9.17, 15) is 0 Å². The molecule has 0 aliphatic heterocycles. The van der Waals surface area contributed by atoms with Crippen LogP contribution in [0.3, 0.4) is 0 Å². The highest BCUT2D eigenvalue weighted by molar-refractivity contribution is 6.05. The number of nitrogens with zero attached hydrogens (tertiary/aromatic N) is 1. The van der Waals surface area contributed by atoms with Crippen molar-refractivity contribution in [2.75, 3.05) is 6.61 Å². The Kier molecular flexibility index (Phi) is 3.02. The SMILES string of the molecule is CCOC1CCc2ccccc2C1=NO. The van der Waals surface area contributed by atoms with E-state index in [1.54, 1.807) is 0 Å². The van der Waals surface area contributed by atoms with Gasteiger partial charge in [0.05, 0.1) is 0 Å². The number of aryl methyl sites for hydroxylation is 1. The van der Waals surface area contributed by atoms with Gasteiger partial charge in [0.15, 0.2) is 0 Å². The van der Waals surface area contributed by atoms with Gasteiger partial charge >= 0.3 is 0 Å². The van der Waals surface area contributed by atoms with Crippen LogP contribution in [0, 0.1) is 0 Å². The van der Waals surface area contributed by atoms with Crippen molar-refractivity contribution in [3.8, 4) is 0 Å². The summed E-state index contributed by atoms with van der Waals surface area (Å²) in [5.41, 5.74) is 2.92. The van der Waals surface area contributed by atoms with E-state index in [1.165, 1.54) is 5.56 Å². The molecule has 0 bridgehead atoms. The molecule has 0 spiro atoms. The molecule has 1 aromatic rings. The third-order valence-corrected chi connectivity index (χ3v) is 2.75. The zero-order chi connectivity index (χ0) is 10.7. The molecule has 0 aromatic heterocycles. The molecule has 1 N–H and O–H groups in total. The summed E-state index contributed by atoms with van der Waals surface area (Å²) < 4.78 is 5.55. The predicted molar refractivity (Wildman–Crippen MR) is 58.5 cm³/mol. The molecule has 0 amide bonds. The smallest absolute Gasteiger partial charge is 0.116 e. The summed E-state index contributed by atoms with van der Waals surface area (Å²) in [6, 6.07) is 8.02. The molecule has 3 heteroatoms. The van der Waals surface area contributed by atoms with Crippen LogP contribution >= 0.6 is 0 Å². The number of fused-ring (bicyclic) bond motifs is 1. The van der Waals surface area contributed by atoms with E-state index < -0.39 is 0 Å². The van der Waals surface area contributed by atoms with Gasteiger partial charge in [-0.3, -0.25) is 0 Å². The molecule has 0 fully saturated rings. The fourth-order valence-electron chi connectivity index (χ4n) is 2.07. The number of hydrogen-bond acceptors (Lipinski definition) is 3. The summed E-state index contributed by atoms with van der Waals surface area (Å²) in [5, 5.41) is 12.4. The van der Waals surface area contributed by atoms with Gasteiger partial charge in [-0.25, -0.2) is 0 Å². The van der Waals surface area contributed by atoms with Crippen molar-refractivity contribution in [1.29, 1.82) is 0 Å². The normalized spacial score (nSPS) is 22.7. The summed E-state index contributed by atoms with van der Waals surface area (Å²) in [6.45, 7) is 2.60. The molecule has 0 saturated carbocycles. The maximum absolute atomic E-state index is 9.04. The van der Waals surface area contributed by atoms with E-state index in [0.717, 1.165) is 18.4 Å². The Labute approximate surface area is 89.4 Å². The highest BCUT2D eigenvalue weighted by Gasteiger charge is 2.25. The van der Waals surface area contributed by atoms with Gasteiger partial charge in [0.1, 0.15) is 11.8 Å². The quantitative estimate of drug-likeness (QED) is 0.594. The molecule has 1 atom stereocenters. The van der Waals surface area contributed by atoms with Gasteiger partial charge in [-0.1, -0.05) is 29.4 Å². The van der Waals surface area contributed by atoms with Crippen LogP contribution in [0.4, 0.5) is 0 Å². The minimum absolute atomic E-state index is 0.0603. The lowest BCUT2D eigenvalue weighted by Gasteiger charge is -2.25. The third kappa shape index (κ3) is 1.88.